The van der Waals surface area contributed by atoms with Crippen molar-refractivity contribution >= 4 is 23.1 Å². The Kier molecular flexibility index (Phi) is 3.51. The number of rotatable bonds is 3. The SMILES string of the molecule is CCNC(=O)Nc1nc2cc(-c3cccnc3)ccc2o1. The summed E-state index contributed by atoms with van der Waals surface area (Å²) >= 11 is 0. The van der Waals surface area contributed by atoms with Crippen molar-refractivity contribution in [3.8, 4) is 11.1 Å². The van der Waals surface area contributed by atoms with E-state index in [4.69, 9.17) is 4.42 Å². The van der Waals surface area contributed by atoms with Crippen LogP contribution in [0.2, 0.25) is 0 Å². The summed E-state index contributed by atoms with van der Waals surface area (Å²) in [5.74, 6) is 0. The summed E-state index contributed by atoms with van der Waals surface area (Å²) in [6, 6.07) is 9.36. The van der Waals surface area contributed by atoms with Gasteiger partial charge in [-0.1, -0.05) is 12.1 Å². The number of pyridine rings is 1. The molecule has 2 N–H and O–H groups in total. The van der Waals surface area contributed by atoms with Gasteiger partial charge in [0.25, 0.3) is 0 Å². The van der Waals surface area contributed by atoms with E-state index in [1.165, 1.54) is 0 Å². The first kappa shape index (κ1) is 13.1. The van der Waals surface area contributed by atoms with Crippen molar-refractivity contribution in [1.82, 2.24) is 15.3 Å². The molecule has 0 saturated heterocycles. The van der Waals surface area contributed by atoms with Crippen LogP contribution in [0.25, 0.3) is 22.2 Å². The second-order valence-electron chi connectivity index (χ2n) is 4.43. The first-order chi connectivity index (χ1) is 10.3. The quantitative estimate of drug-likeness (QED) is 0.773. The van der Waals surface area contributed by atoms with Crippen molar-refractivity contribution in [3.05, 3.63) is 42.7 Å². The molecule has 1 aromatic carbocycles. The van der Waals surface area contributed by atoms with E-state index in [1.807, 2.05) is 37.3 Å². The van der Waals surface area contributed by atoms with Crippen molar-refractivity contribution in [2.75, 3.05) is 11.9 Å². The molecule has 0 saturated carbocycles. The summed E-state index contributed by atoms with van der Waals surface area (Å²) < 4.78 is 5.48. The van der Waals surface area contributed by atoms with E-state index in [-0.39, 0.29) is 12.0 Å². The lowest BCUT2D eigenvalue weighted by Gasteiger charge is -1.99. The van der Waals surface area contributed by atoms with Crippen LogP contribution in [-0.4, -0.2) is 22.5 Å². The molecule has 3 aromatic rings. The van der Waals surface area contributed by atoms with E-state index in [1.54, 1.807) is 12.4 Å². The number of nitrogens with one attached hydrogen (secondary N) is 2. The molecule has 0 unspecified atom stereocenters. The molecule has 0 bridgehead atoms. The fourth-order valence-corrected chi connectivity index (χ4v) is 2.00. The van der Waals surface area contributed by atoms with Crippen molar-refractivity contribution in [1.29, 1.82) is 0 Å². The zero-order valence-electron chi connectivity index (χ0n) is 11.5. The number of hydrogen-bond acceptors (Lipinski definition) is 4. The number of amides is 2. The molecule has 6 heteroatoms. The molecule has 0 aliphatic carbocycles. The standard InChI is InChI=1S/C15H14N4O2/c1-2-17-14(20)19-15-18-12-8-10(5-6-13(12)21-15)11-4-3-7-16-9-11/h3-9H,2H2,1H3,(H2,17,18,19,20). The number of oxazole rings is 1. The van der Waals surface area contributed by atoms with Gasteiger partial charge in [0.15, 0.2) is 5.58 Å². The first-order valence-electron chi connectivity index (χ1n) is 6.62. The molecule has 3 rings (SSSR count). The third-order valence-electron chi connectivity index (χ3n) is 2.94. The zero-order chi connectivity index (χ0) is 14.7. The molecule has 106 valence electrons. The Bertz CT molecular complexity index is 768. The van der Waals surface area contributed by atoms with E-state index in [9.17, 15) is 4.79 Å². The number of hydrogen-bond donors (Lipinski definition) is 2. The van der Waals surface area contributed by atoms with Crippen LogP contribution in [0.4, 0.5) is 10.8 Å². The third kappa shape index (κ3) is 2.84. The van der Waals surface area contributed by atoms with Gasteiger partial charge in [0.1, 0.15) is 5.52 Å². The van der Waals surface area contributed by atoms with Crippen molar-refractivity contribution in [2.24, 2.45) is 0 Å². The number of nitrogens with zero attached hydrogens (tertiary/aromatic N) is 2. The maximum atomic E-state index is 11.4. The number of aromatic nitrogens is 2. The predicted molar refractivity (Wildman–Crippen MR) is 79.9 cm³/mol. The summed E-state index contributed by atoms with van der Waals surface area (Å²) in [4.78, 5) is 19.8. The highest BCUT2D eigenvalue weighted by molar-refractivity contribution is 5.89. The Morgan fingerprint density at radius 3 is 2.95 bits per heavy atom. The molecule has 0 fully saturated rings. The van der Waals surface area contributed by atoms with Gasteiger partial charge in [-0.05, 0) is 30.7 Å². The average Bonchev–Trinajstić information content (AvgIpc) is 2.89. The maximum absolute atomic E-state index is 11.4. The van der Waals surface area contributed by atoms with Crippen LogP contribution in [0.3, 0.4) is 0 Å². The minimum atomic E-state index is -0.337. The van der Waals surface area contributed by atoms with Gasteiger partial charge in [0, 0.05) is 24.5 Å². The molecule has 0 radical (unpaired) electrons. The van der Waals surface area contributed by atoms with Crippen LogP contribution in [0.1, 0.15) is 6.92 Å². The first-order valence-corrected chi connectivity index (χ1v) is 6.62. The number of carbonyl (C=O) groups is 1. The van der Waals surface area contributed by atoms with Gasteiger partial charge in [-0.25, -0.2) is 4.79 Å². The Morgan fingerprint density at radius 2 is 2.19 bits per heavy atom. The number of anilines is 1. The van der Waals surface area contributed by atoms with Crippen molar-refractivity contribution in [3.63, 3.8) is 0 Å². The van der Waals surface area contributed by atoms with E-state index in [0.29, 0.717) is 17.6 Å². The normalized spacial score (nSPS) is 10.5. The van der Waals surface area contributed by atoms with Crippen LogP contribution in [0.15, 0.2) is 47.1 Å². The van der Waals surface area contributed by atoms with Crippen LogP contribution < -0.4 is 10.6 Å². The molecule has 0 atom stereocenters. The highest BCUT2D eigenvalue weighted by Gasteiger charge is 2.09. The molecule has 0 aliphatic heterocycles. The minimum absolute atomic E-state index is 0.180. The van der Waals surface area contributed by atoms with E-state index >= 15 is 0 Å². The van der Waals surface area contributed by atoms with Gasteiger partial charge in [-0.2, -0.15) is 4.98 Å². The van der Waals surface area contributed by atoms with Crippen LogP contribution in [-0.2, 0) is 0 Å². The highest BCUT2D eigenvalue weighted by Crippen LogP contribution is 2.25. The van der Waals surface area contributed by atoms with Crippen molar-refractivity contribution in [2.45, 2.75) is 6.92 Å². The fraction of sp³-hybridized carbons (Fsp3) is 0.133. The van der Waals surface area contributed by atoms with Crippen LogP contribution >= 0.6 is 0 Å². The lowest BCUT2D eigenvalue weighted by molar-refractivity contribution is 0.252. The summed E-state index contributed by atoms with van der Waals surface area (Å²) in [5, 5.41) is 5.17. The second-order valence-corrected chi connectivity index (χ2v) is 4.43. The second kappa shape index (κ2) is 5.62. The number of benzene rings is 1. The van der Waals surface area contributed by atoms with Gasteiger partial charge in [0.2, 0.25) is 0 Å². The molecular formula is C15H14N4O2. The topological polar surface area (TPSA) is 80.0 Å². The van der Waals surface area contributed by atoms with Crippen LogP contribution in [0.5, 0.6) is 0 Å². The van der Waals surface area contributed by atoms with Gasteiger partial charge in [-0.3, -0.25) is 10.3 Å². The molecule has 2 heterocycles. The Balaban J connectivity index is 1.90. The summed E-state index contributed by atoms with van der Waals surface area (Å²) in [6.45, 7) is 2.38. The lowest BCUT2D eigenvalue weighted by atomic mass is 10.1. The summed E-state index contributed by atoms with van der Waals surface area (Å²) in [7, 11) is 0. The number of fused-ring (bicyclic) bond motifs is 1. The summed E-state index contributed by atoms with van der Waals surface area (Å²) in [6.07, 6.45) is 3.52. The van der Waals surface area contributed by atoms with Gasteiger partial charge in [-0.15, -0.1) is 0 Å². The molecule has 2 amide bonds. The minimum Gasteiger partial charge on any atom is -0.423 e. The fourth-order valence-electron chi connectivity index (χ4n) is 2.00. The smallest absolute Gasteiger partial charge is 0.322 e. The van der Waals surface area contributed by atoms with Gasteiger partial charge in [0.05, 0.1) is 0 Å². The molecule has 0 aliphatic rings. The zero-order valence-corrected chi connectivity index (χ0v) is 11.5. The Morgan fingerprint density at radius 1 is 1.29 bits per heavy atom. The van der Waals surface area contributed by atoms with Crippen molar-refractivity contribution < 1.29 is 9.21 Å². The molecule has 2 aromatic heterocycles. The summed E-state index contributed by atoms with van der Waals surface area (Å²) in [5.41, 5.74) is 3.30. The van der Waals surface area contributed by atoms with E-state index in [0.717, 1.165) is 11.1 Å². The highest BCUT2D eigenvalue weighted by atomic mass is 16.4. The monoisotopic (exact) mass is 282 g/mol. The maximum Gasteiger partial charge on any atom is 0.322 e. The lowest BCUT2D eigenvalue weighted by Crippen LogP contribution is -2.28. The van der Waals surface area contributed by atoms with Gasteiger partial charge < -0.3 is 9.73 Å². The Hall–Kier alpha value is -2.89. The third-order valence-corrected chi connectivity index (χ3v) is 2.94. The molecule has 0 spiro atoms. The van der Waals surface area contributed by atoms with E-state index in [2.05, 4.69) is 20.6 Å². The molecule has 6 nitrogen and oxygen atoms in total. The average molecular weight is 282 g/mol. The molecular weight excluding hydrogens is 268 g/mol. The number of urea groups is 1. The van der Waals surface area contributed by atoms with Gasteiger partial charge >= 0.3 is 12.0 Å². The Labute approximate surface area is 121 Å². The van der Waals surface area contributed by atoms with E-state index < -0.39 is 0 Å². The predicted octanol–water partition coefficient (Wildman–Crippen LogP) is 3.03. The largest absolute Gasteiger partial charge is 0.423 e. The number of carbonyl (C=O) groups excluding carboxylic acids is 1. The molecule has 21 heavy (non-hydrogen) atoms. The van der Waals surface area contributed by atoms with Crippen LogP contribution in [0, 0.1) is 0 Å².